The molecule has 2 fully saturated rings. The zero-order valence-electron chi connectivity index (χ0n) is 9.96. The molecule has 0 bridgehead atoms. The maximum Gasteiger partial charge on any atom is 0.224 e. The van der Waals surface area contributed by atoms with Crippen LogP contribution in [0.4, 0.5) is 0 Å². The first-order valence-electron chi connectivity index (χ1n) is 6.34. The van der Waals surface area contributed by atoms with Gasteiger partial charge in [0.05, 0.1) is 11.5 Å². The van der Waals surface area contributed by atoms with E-state index in [-0.39, 0.29) is 17.9 Å². The monoisotopic (exact) mass is 226 g/mol. The molecule has 3 N–H and O–H groups in total. The second-order valence-electron chi connectivity index (χ2n) is 5.29. The molecule has 0 aromatic carbocycles. The van der Waals surface area contributed by atoms with Crippen LogP contribution in [-0.4, -0.2) is 35.7 Å². The lowest BCUT2D eigenvalue weighted by Crippen LogP contribution is -2.44. The van der Waals surface area contributed by atoms with Crippen LogP contribution in [0.25, 0.3) is 0 Å². The third-order valence-corrected chi connectivity index (χ3v) is 3.99. The number of rotatable bonds is 3. The minimum atomic E-state index is -0.634. The van der Waals surface area contributed by atoms with Gasteiger partial charge in [-0.1, -0.05) is 12.8 Å². The van der Waals surface area contributed by atoms with Crippen molar-refractivity contribution < 1.29 is 9.90 Å². The Hall–Kier alpha value is -0.610. The summed E-state index contributed by atoms with van der Waals surface area (Å²) in [7, 11) is 0. The van der Waals surface area contributed by atoms with Crippen LogP contribution in [0.1, 0.15) is 39.0 Å². The van der Waals surface area contributed by atoms with Crippen molar-refractivity contribution in [2.24, 2.45) is 5.92 Å². The van der Waals surface area contributed by atoms with Crippen molar-refractivity contribution in [1.29, 1.82) is 0 Å². The SMILES string of the molecule is CC1NCCC1C(=O)NCC1(O)CCCC1. The Kier molecular flexibility index (Phi) is 3.50. The summed E-state index contributed by atoms with van der Waals surface area (Å²) in [6.45, 7) is 3.39. The van der Waals surface area contributed by atoms with Crippen LogP contribution >= 0.6 is 0 Å². The Bertz CT molecular complexity index is 262. The van der Waals surface area contributed by atoms with Gasteiger partial charge >= 0.3 is 0 Å². The normalized spacial score (nSPS) is 32.9. The third-order valence-electron chi connectivity index (χ3n) is 3.99. The van der Waals surface area contributed by atoms with E-state index in [9.17, 15) is 9.90 Å². The van der Waals surface area contributed by atoms with E-state index in [0.29, 0.717) is 6.54 Å². The van der Waals surface area contributed by atoms with Crippen LogP contribution in [0.3, 0.4) is 0 Å². The molecule has 1 amide bonds. The van der Waals surface area contributed by atoms with Crippen molar-refractivity contribution in [2.75, 3.05) is 13.1 Å². The lowest BCUT2D eigenvalue weighted by Gasteiger charge is -2.24. The van der Waals surface area contributed by atoms with Crippen LogP contribution in [0.2, 0.25) is 0 Å². The third kappa shape index (κ3) is 2.55. The van der Waals surface area contributed by atoms with E-state index in [1.807, 2.05) is 6.92 Å². The number of nitrogens with one attached hydrogen (secondary N) is 2. The van der Waals surface area contributed by atoms with E-state index in [0.717, 1.165) is 38.6 Å². The maximum absolute atomic E-state index is 11.9. The largest absolute Gasteiger partial charge is 0.388 e. The number of carbonyl (C=O) groups is 1. The first-order valence-corrected chi connectivity index (χ1v) is 6.34. The second kappa shape index (κ2) is 4.72. The average Bonchev–Trinajstić information content (AvgIpc) is 2.85. The standard InChI is InChI=1S/C12H22N2O2/c1-9-10(4-7-13-9)11(15)14-8-12(16)5-2-3-6-12/h9-10,13,16H,2-8H2,1H3,(H,14,15). The van der Waals surface area contributed by atoms with Crippen LogP contribution in [-0.2, 0) is 4.79 Å². The Morgan fingerprint density at radius 2 is 2.19 bits per heavy atom. The summed E-state index contributed by atoms with van der Waals surface area (Å²) >= 11 is 0. The van der Waals surface area contributed by atoms with Crippen molar-refractivity contribution in [3.8, 4) is 0 Å². The predicted octanol–water partition coefficient (Wildman–Crippen LogP) is 0.406. The Morgan fingerprint density at radius 3 is 2.75 bits per heavy atom. The van der Waals surface area contributed by atoms with E-state index in [4.69, 9.17) is 0 Å². The molecule has 0 aromatic rings. The minimum absolute atomic E-state index is 0.0741. The Labute approximate surface area is 96.8 Å². The van der Waals surface area contributed by atoms with Gasteiger partial charge in [-0.05, 0) is 32.7 Å². The highest BCUT2D eigenvalue weighted by molar-refractivity contribution is 5.79. The number of amides is 1. The molecular weight excluding hydrogens is 204 g/mol. The van der Waals surface area contributed by atoms with Crippen LogP contribution in [0, 0.1) is 5.92 Å². The summed E-state index contributed by atoms with van der Waals surface area (Å²) in [5.74, 6) is 0.169. The topological polar surface area (TPSA) is 61.4 Å². The van der Waals surface area contributed by atoms with Gasteiger partial charge in [-0.25, -0.2) is 0 Å². The summed E-state index contributed by atoms with van der Waals surface area (Å²) in [6, 6.07) is 0.262. The lowest BCUT2D eigenvalue weighted by molar-refractivity contribution is -0.126. The number of hydrogen-bond acceptors (Lipinski definition) is 3. The van der Waals surface area contributed by atoms with Gasteiger partial charge in [-0.3, -0.25) is 4.79 Å². The van der Waals surface area contributed by atoms with Gasteiger partial charge in [0.2, 0.25) is 5.91 Å². The summed E-state index contributed by atoms with van der Waals surface area (Å²) in [5, 5.41) is 16.3. The van der Waals surface area contributed by atoms with Gasteiger partial charge in [0.15, 0.2) is 0 Å². The highest BCUT2D eigenvalue weighted by atomic mass is 16.3. The van der Waals surface area contributed by atoms with E-state index >= 15 is 0 Å². The molecule has 1 aliphatic carbocycles. The summed E-state index contributed by atoms with van der Waals surface area (Å²) in [4.78, 5) is 11.9. The number of aliphatic hydroxyl groups is 1. The van der Waals surface area contributed by atoms with Gasteiger partial charge in [0, 0.05) is 12.6 Å². The number of carbonyl (C=O) groups excluding carboxylic acids is 1. The van der Waals surface area contributed by atoms with Crippen LogP contribution in [0.5, 0.6) is 0 Å². The molecule has 4 nitrogen and oxygen atoms in total. The summed E-state index contributed by atoms with van der Waals surface area (Å²) in [6.07, 6.45) is 4.71. The highest BCUT2D eigenvalue weighted by Gasteiger charge is 2.34. The Morgan fingerprint density at radius 1 is 1.50 bits per heavy atom. The molecule has 4 heteroatoms. The van der Waals surface area contributed by atoms with E-state index in [1.54, 1.807) is 0 Å². The molecule has 1 aliphatic heterocycles. The maximum atomic E-state index is 11.9. The van der Waals surface area contributed by atoms with Gasteiger partial charge in [-0.2, -0.15) is 0 Å². The van der Waals surface area contributed by atoms with Crippen LogP contribution < -0.4 is 10.6 Å². The molecule has 2 atom stereocenters. The van der Waals surface area contributed by atoms with Crippen molar-refractivity contribution in [2.45, 2.75) is 50.7 Å². The molecule has 0 aromatic heterocycles. The quantitative estimate of drug-likeness (QED) is 0.653. The fraction of sp³-hybridized carbons (Fsp3) is 0.917. The molecule has 0 spiro atoms. The minimum Gasteiger partial charge on any atom is -0.388 e. The molecule has 1 saturated heterocycles. The van der Waals surface area contributed by atoms with Crippen molar-refractivity contribution in [1.82, 2.24) is 10.6 Å². The van der Waals surface area contributed by atoms with Gasteiger partial charge in [0.1, 0.15) is 0 Å². The molecule has 16 heavy (non-hydrogen) atoms. The van der Waals surface area contributed by atoms with Gasteiger partial charge in [-0.15, -0.1) is 0 Å². The van der Waals surface area contributed by atoms with E-state index < -0.39 is 5.60 Å². The average molecular weight is 226 g/mol. The van der Waals surface area contributed by atoms with Crippen LogP contribution in [0.15, 0.2) is 0 Å². The first-order chi connectivity index (χ1) is 7.61. The predicted molar refractivity (Wildman–Crippen MR) is 62.0 cm³/mol. The number of hydrogen-bond donors (Lipinski definition) is 3. The van der Waals surface area contributed by atoms with E-state index in [2.05, 4.69) is 10.6 Å². The van der Waals surface area contributed by atoms with Crippen molar-refractivity contribution in [3.63, 3.8) is 0 Å². The molecule has 1 heterocycles. The summed E-state index contributed by atoms with van der Waals surface area (Å²) < 4.78 is 0. The Balaban J connectivity index is 1.79. The molecule has 2 rings (SSSR count). The smallest absolute Gasteiger partial charge is 0.224 e. The van der Waals surface area contributed by atoms with Gasteiger partial charge in [0.25, 0.3) is 0 Å². The molecule has 1 saturated carbocycles. The molecule has 92 valence electrons. The van der Waals surface area contributed by atoms with E-state index in [1.165, 1.54) is 0 Å². The molecule has 2 unspecified atom stereocenters. The summed E-state index contributed by atoms with van der Waals surface area (Å²) in [5.41, 5.74) is -0.634. The fourth-order valence-electron chi connectivity index (χ4n) is 2.81. The zero-order chi connectivity index (χ0) is 11.6. The second-order valence-corrected chi connectivity index (χ2v) is 5.29. The van der Waals surface area contributed by atoms with Crippen molar-refractivity contribution >= 4 is 5.91 Å². The lowest BCUT2D eigenvalue weighted by atomic mass is 9.99. The molecular formula is C12H22N2O2. The molecule has 0 radical (unpaired) electrons. The zero-order valence-corrected chi connectivity index (χ0v) is 9.96. The first kappa shape index (κ1) is 11.9. The van der Waals surface area contributed by atoms with Gasteiger partial charge < -0.3 is 15.7 Å². The molecule has 2 aliphatic rings. The van der Waals surface area contributed by atoms with Crippen molar-refractivity contribution in [3.05, 3.63) is 0 Å². The highest BCUT2D eigenvalue weighted by Crippen LogP contribution is 2.28. The fourth-order valence-corrected chi connectivity index (χ4v) is 2.81.